The minimum absolute atomic E-state index is 0.00206. The van der Waals surface area contributed by atoms with Crippen molar-refractivity contribution in [1.29, 1.82) is 0 Å². The fourth-order valence-electron chi connectivity index (χ4n) is 1.79. The van der Waals surface area contributed by atoms with Crippen LogP contribution < -0.4 is 14.9 Å². The molecule has 114 valence electrons. The van der Waals surface area contributed by atoms with Crippen molar-refractivity contribution in [3.63, 3.8) is 0 Å². The van der Waals surface area contributed by atoms with E-state index in [1.54, 1.807) is 50.8 Å². The highest BCUT2D eigenvalue weighted by atomic mass is 16.6. The maximum absolute atomic E-state index is 10.7. The smallest absolute Gasteiger partial charge is 0.271 e. The van der Waals surface area contributed by atoms with Crippen molar-refractivity contribution in [2.45, 2.75) is 0 Å². The topological polar surface area (TPSA) is 86.0 Å². The van der Waals surface area contributed by atoms with Gasteiger partial charge in [0.15, 0.2) is 0 Å². The highest BCUT2D eigenvalue weighted by molar-refractivity contribution is 5.84. The van der Waals surface area contributed by atoms with Crippen LogP contribution in [0.2, 0.25) is 0 Å². The van der Waals surface area contributed by atoms with Gasteiger partial charge in [0.2, 0.25) is 0 Å². The van der Waals surface area contributed by atoms with E-state index in [-0.39, 0.29) is 5.69 Å². The fourth-order valence-corrected chi connectivity index (χ4v) is 1.79. The van der Waals surface area contributed by atoms with E-state index in [0.717, 1.165) is 5.56 Å². The molecule has 7 nitrogen and oxygen atoms in total. The largest absolute Gasteiger partial charge is 0.497 e. The average Bonchev–Trinajstić information content (AvgIpc) is 2.55. The van der Waals surface area contributed by atoms with Crippen LogP contribution in [0.5, 0.6) is 11.5 Å². The van der Waals surface area contributed by atoms with Gasteiger partial charge >= 0.3 is 0 Å². The van der Waals surface area contributed by atoms with Gasteiger partial charge in [-0.2, -0.15) is 5.10 Å². The Kier molecular flexibility index (Phi) is 4.92. The Morgan fingerprint density at radius 2 is 2.00 bits per heavy atom. The molecule has 0 aliphatic carbocycles. The Labute approximate surface area is 127 Å². The van der Waals surface area contributed by atoms with Crippen LogP contribution in [0.15, 0.2) is 47.6 Å². The van der Waals surface area contributed by atoms with Crippen LogP contribution in [0.3, 0.4) is 0 Å². The van der Waals surface area contributed by atoms with E-state index in [1.807, 2.05) is 0 Å². The van der Waals surface area contributed by atoms with Crippen LogP contribution >= 0.6 is 0 Å². The summed E-state index contributed by atoms with van der Waals surface area (Å²) in [5.41, 5.74) is 4.03. The fraction of sp³-hybridized carbons (Fsp3) is 0.133. The molecule has 0 fully saturated rings. The number of hydrogen-bond donors (Lipinski definition) is 1. The lowest BCUT2D eigenvalue weighted by atomic mass is 10.2. The lowest BCUT2D eigenvalue weighted by molar-refractivity contribution is -0.384. The van der Waals surface area contributed by atoms with E-state index >= 15 is 0 Å². The van der Waals surface area contributed by atoms with E-state index in [0.29, 0.717) is 17.2 Å². The third kappa shape index (κ3) is 3.72. The number of ether oxygens (including phenoxy) is 2. The molecule has 2 aromatic rings. The molecule has 0 aromatic heterocycles. The minimum atomic E-state index is -0.457. The van der Waals surface area contributed by atoms with Gasteiger partial charge in [-0.1, -0.05) is 6.07 Å². The maximum Gasteiger partial charge on any atom is 0.271 e. The molecular formula is C15H15N3O4. The zero-order valence-electron chi connectivity index (χ0n) is 12.1. The molecular weight excluding hydrogens is 286 g/mol. The van der Waals surface area contributed by atoms with Gasteiger partial charge in [0, 0.05) is 23.8 Å². The van der Waals surface area contributed by atoms with Crippen molar-refractivity contribution in [3.8, 4) is 11.5 Å². The molecule has 0 saturated carbocycles. The molecule has 0 aliphatic rings. The average molecular weight is 301 g/mol. The van der Waals surface area contributed by atoms with Gasteiger partial charge < -0.3 is 9.47 Å². The molecule has 0 heterocycles. The predicted molar refractivity (Wildman–Crippen MR) is 83.9 cm³/mol. The first-order valence-electron chi connectivity index (χ1n) is 6.39. The summed E-state index contributed by atoms with van der Waals surface area (Å²) >= 11 is 0. The number of nitrogens with zero attached hydrogens (tertiary/aromatic N) is 2. The lowest BCUT2D eigenvalue weighted by Gasteiger charge is -2.07. The first-order chi connectivity index (χ1) is 10.6. The highest BCUT2D eigenvalue weighted by Crippen LogP contribution is 2.23. The van der Waals surface area contributed by atoms with Crippen LogP contribution in [0.1, 0.15) is 5.56 Å². The molecule has 1 N–H and O–H groups in total. The third-order valence-electron chi connectivity index (χ3n) is 2.89. The summed E-state index contributed by atoms with van der Waals surface area (Å²) in [6.07, 6.45) is 1.57. The molecule has 0 radical (unpaired) electrons. The summed E-state index contributed by atoms with van der Waals surface area (Å²) in [5, 5.41) is 14.8. The molecule has 0 bridgehead atoms. The second-order valence-electron chi connectivity index (χ2n) is 4.29. The SMILES string of the molecule is COc1ccc(/C=N/Nc2cccc([N+](=O)[O-])c2)c(OC)c1. The number of nitro groups is 1. The highest BCUT2D eigenvalue weighted by Gasteiger charge is 2.05. The zero-order chi connectivity index (χ0) is 15.9. The number of non-ortho nitro benzene ring substituents is 1. The number of hydrogen-bond acceptors (Lipinski definition) is 6. The second-order valence-corrected chi connectivity index (χ2v) is 4.29. The van der Waals surface area contributed by atoms with Gasteiger partial charge in [-0.3, -0.25) is 15.5 Å². The first kappa shape index (κ1) is 15.3. The number of nitrogens with one attached hydrogen (secondary N) is 1. The quantitative estimate of drug-likeness (QED) is 0.503. The first-order valence-corrected chi connectivity index (χ1v) is 6.39. The van der Waals surface area contributed by atoms with Crippen molar-refractivity contribution in [2.24, 2.45) is 5.10 Å². The maximum atomic E-state index is 10.7. The molecule has 0 aliphatic heterocycles. The summed E-state index contributed by atoms with van der Waals surface area (Å²) in [7, 11) is 3.13. The van der Waals surface area contributed by atoms with Crippen LogP contribution in [0, 0.1) is 10.1 Å². The lowest BCUT2D eigenvalue weighted by Crippen LogP contribution is -1.95. The van der Waals surface area contributed by atoms with Crippen molar-refractivity contribution in [1.82, 2.24) is 0 Å². The molecule has 22 heavy (non-hydrogen) atoms. The van der Waals surface area contributed by atoms with Crippen LogP contribution in [0.4, 0.5) is 11.4 Å². The summed E-state index contributed by atoms with van der Waals surface area (Å²) in [6, 6.07) is 11.4. The molecule has 2 rings (SSSR count). The van der Waals surface area contributed by atoms with E-state index in [2.05, 4.69) is 10.5 Å². The van der Waals surface area contributed by atoms with E-state index in [4.69, 9.17) is 9.47 Å². The van der Waals surface area contributed by atoms with Crippen molar-refractivity contribution < 1.29 is 14.4 Å². The number of benzene rings is 2. The Hall–Kier alpha value is -3.09. The zero-order valence-corrected chi connectivity index (χ0v) is 12.1. The molecule has 0 spiro atoms. The molecule has 7 heteroatoms. The van der Waals surface area contributed by atoms with Gasteiger partial charge in [-0.25, -0.2) is 0 Å². The number of anilines is 1. The summed E-state index contributed by atoms with van der Waals surface area (Å²) in [5.74, 6) is 1.30. The summed E-state index contributed by atoms with van der Waals surface area (Å²) in [6.45, 7) is 0. The standard InChI is InChI=1S/C15H15N3O4/c1-21-14-7-6-11(15(9-14)22-2)10-16-17-12-4-3-5-13(8-12)18(19)20/h3-10,17H,1-2H3/b16-10+. The Morgan fingerprint density at radius 1 is 1.18 bits per heavy atom. The van der Waals surface area contributed by atoms with E-state index < -0.39 is 4.92 Å². The Morgan fingerprint density at radius 3 is 2.68 bits per heavy atom. The monoisotopic (exact) mass is 301 g/mol. The molecule has 0 unspecified atom stereocenters. The number of nitro benzene ring substituents is 1. The number of hydrazone groups is 1. The van der Waals surface area contributed by atoms with Gasteiger partial charge in [-0.15, -0.1) is 0 Å². The van der Waals surface area contributed by atoms with E-state index in [1.165, 1.54) is 12.1 Å². The molecule has 0 atom stereocenters. The minimum Gasteiger partial charge on any atom is -0.497 e. The van der Waals surface area contributed by atoms with Crippen LogP contribution in [-0.2, 0) is 0 Å². The molecule has 0 saturated heterocycles. The molecule has 2 aromatic carbocycles. The van der Waals surface area contributed by atoms with Crippen LogP contribution in [-0.4, -0.2) is 25.4 Å². The van der Waals surface area contributed by atoms with Gasteiger partial charge in [0.1, 0.15) is 11.5 Å². The van der Waals surface area contributed by atoms with Crippen molar-refractivity contribution in [2.75, 3.05) is 19.6 Å². The Balaban J connectivity index is 2.12. The van der Waals surface area contributed by atoms with Crippen molar-refractivity contribution >= 4 is 17.6 Å². The Bertz CT molecular complexity index is 701. The summed E-state index contributed by atoms with van der Waals surface area (Å²) < 4.78 is 10.4. The number of rotatable bonds is 6. The van der Waals surface area contributed by atoms with Gasteiger partial charge in [0.25, 0.3) is 5.69 Å². The summed E-state index contributed by atoms with van der Waals surface area (Å²) in [4.78, 5) is 10.2. The normalized spacial score (nSPS) is 10.5. The van der Waals surface area contributed by atoms with Gasteiger partial charge in [-0.05, 0) is 18.2 Å². The number of methoxy groups -OCH3 is 2. The van der Waals surface area contributed by atoms with Gasteiger partial charge in [0.05, 0.1) is 31.0 Å². The van der Waals surface area contributed by atoms with E-state index in [9.17, 15) is 10.1 Å². The second kappa shape index (κ2) is 7.07. The van der Waals surface area contributed by atoms with Crippen LogP contribution in [0.25, 0.3) is 0 Å². The third-order valence-corrected chi connectivity index (χ3v) is 2.89. The molecule has 0 amide bonds. The predicted octanol–water partition coefficient (Wildman–Crippen LogP) is 3.06. The van der Waals surface area contributed by atoms with Crippen molar-refractivity contribution in [3.05, 3.63) is 58.1 Å².